The van der Waals surface area contributed by atoms with Gasteiger partial charge in [-0.25, -0.2) is 0 Å². The van der Waals surface area contributed by atoms with Crippen molar-refractivity contribution in [2.75, 3.05) is 0 Å². The molecule has 3 heteroatoms. The minimum atomic E-state index is 0.889. The number of hydrogen-bond donors (Lipinski definition) is 0. The second kappa shape index (κ2) is 4.17. The van der Waals surface area contributed by atoms with Gasteiger partial charge in [0, 0.05) is 5.56 Å². The second-order valence-electron chi connectivity index (χ2n) is 4.93. The van der Waals surface area contributed by atoms with Crippen LogP contribution in [-0.2, 0) is 0 Å². The molecule has 0 saturated carbocycles. The molecule has 0 aliphatic rings. The Labute approximate surface area is 116 Å². The van der Waals surface area contributed by atoms with Gasteiger partial charge in [-0.15, -0.1) is 10.2 Å². The van der Waals surface area contributed by atoms with Gasteiger partial charge in [0.05, 0.1) is 5.52 Å². The summed E-state index contributed by atoms with van der Waals surface area (Å²) in [6.45, 7) is 2.07. The summed E-state index contributed by atoms with van der Waals surface area (Å²) < 4.78 is 2.14. The first-order chi connectivity index (χ1) is 9.84. The molecule has 0 N–H and O–H groups in total. The van der Waals surface area contributed by atoms with Crippen LogP contribution in [0.1, 0.15) is 5.56 Å². The minimum Gasteiger partial charge on any atom is -0.275 e. The van der Waals surface area contributed by atoms with Gasteiger partial charge in [-0.3, -0.25) is 4.40 Å². The Balaban J connectivity index is 2.19. The average Bonchev–Trinajstić information content (AvgIpc) is 2.94. The number of hydrogen-bond acceptors (Lipinski definition) is 2. The molecule has 20 heavy (non-hydrogen) atoms. The summed E-state index contributed by atoms with van der Waals surface area (Å²) in [4.78, 5) is 0. The Morgan fingerprint density at radius 1 is 0.850 bits per heavy atom. The fraction of sp³-hybridized carbons (Fsp3) is 0.0588. The molecule has 3 nitrogen and oxygen atoms in total. The fourth-order valence-electron chi connectivity index (χ4n) is 2.65. The van der Waals surface area contributed by atoms with Gasteiger partial charge in [0.15, 0.2) is 11.5 Å². The van der Waals surface area contributed by atoms with Crippen LogP contribution in [-0.4, -0.2) is 14.6 Å². The molecule has 4 rings (SSSR count). The van der Waals surface area contributed by atoms with E-state index in [1.54, 1.807) is 0 Å². The van der Waals surface area contributed by atoms with Crippen LogP contribution >= 0.6 is 0 Å². The Hall–Kier alpha value is -2.68. The molecule has 0 aliphatic heterocycles. The van der Waals surface area contributed by atoms with Crippen molar-refractivity contribution in [3.8, 4) is 11.4 Å². The number of pyridine rings is 1. The largest absolute Gasteiger partial charge is 0.275 e. The molecule has 2 aromatic heterocycles. The van der Waals surface area contributed by atoms with E-state index in [-0.39, 0.29) is 0 Å². The molecule has 0 atom stereocenters. The van der Waals surface area contributed by atoms with Crippen molar-refractivity contribution in [3.63, 3.8) is 0 Å². The van der Waals surface area contributed by atoms with Gasteiger partial charge in [0.2, 0.25) is 0 Å². The Kier molecular flexibility index (Phi) is 2.33. The van der Waals surface area contributed by atoms with Crippen LogP contribution in [0.25, 0.3) is 27.9 Å². The molecule has 0 fully saturated rings. The topological polar surface area (TPSA) is 30.2 Å². The molecule has 0 unspecified atom stereocenters. The van der Waals surface area contributed by atoms with Crippen molar-refractivity contribution in [1.82, 2.24) is 14.6 Å². The summed E-state index contributed by atoms with van der Waals surface area (Å²) in [6.07, 6.45) is 0. The van der Waals surface area contributed by atoms with Crippen molar-refractivity contribution >= 4 is 16.6 Å². The predicted molar refractivity (Wildman–Crippen MR) is 80.7 cm³/mol. The highest BCUT2D eigenvalue weighted by molar-refractivity contribution is 5.85. The van der Waals surface area contributed by atoms with Gasteiger partial charge < -0.3 is 0 Å². The first kappa shape index (κ1) is 11.2. The van der Waals surface area contributed by atoms with Gasteiger partial charge in [-0.1, -0.05) is 48.5 Å². The molecule has 0 aliphatic carbocycles. The molecule has 0 bridgehead atoms. The van der Waals surface area contributed by atoms with Crippen LogP contribution in [0.2, 0.25) is 0 Å². The summed E-state index contributed by atoms with van der Waals surface area (Å²) >= 11 is 0. The Morgan fingerprint density at radius 3 is 2.45 bits per heavy atom. The molecule has 96 valence electrons. The van der Waals surface area contributed by atoms with E-state index in [1.165, 1.54) is 5.39 Å². The SMILES string of the molecule is Cc1cc2ccccc2n2c(-c3ccccc3)nnc12. The summed E-state index contributed by atoms with van der Waals surface area (Å²) in [7, 11) is 0. The third-order valence-corrected chi connectivity index (χ3v) is 3.60. The van der Waals surface area contributed by atoms with E-state index in [1.807, 2.05) is 24.3 Å². The number of rotatable bonds is 1. The summed E-state index contributed by atoms with van der Waals surface area (Å²) in [5.74, 6) is 0.889. The molecule has 2 aromatic carbocycles. The van der Waals surface area contributed by atoms with Crippen molar-refractivity contribution < 1.29 is 0 Å². The quantitative estimate of drug-likeness (QED) is 0.519. The number of fused-ring (bicyclic) bond motifs is 3. The standard InChI is InChI=1S/C17H13N3/c1-12-11-14-9-5-6-10-15(14)20-16(12)18-19-17(20)13-7-3-2-4-8-13/h2-11H,1H3. The van der Waals surface area contributed by atoms with Gasteiger partial charge in [0.1, 0.15) is 0 Å². The van der Waals surface area contributed by atoms with E-state index < -0.39 is 0 Å². The second-order valence-corrected chi connectivity index (χ2v) is 4.93. The monoisotopic (exact) mass is 259 g/mol. The van der Waals surface area contributed by atoms with E-state index in [9.17, 15) is 0 Å². The maximum atomic E-state index is 4.39. The normalized spacial score (nSPS) is 11.2. The number of nitrogens with zero attached hydrogens (tertiary/aromatic N) is 3. The Morgan fingerprint density at radius 2 is 1.60 bits per heavy atom. The third-order valence-electron chi connectivity index (χ3n) is 3.60. The lowest BCUT2D eigenvalue weighted by Crippen LogP contribution is -1.94. The fourth-order valence-corrected chi connectivity index (χ4v) is 2.65. The lowest BCUT2D eigenvalue weighted by Gasteiger charge is -2.06. The number of aromatic nitrogens is 3. The lowest BCUT2D eigenvalue weighted by atomic mass is 10.1. The van der Waals surface area contributed by atoms with Crippen molar-refractivity contribution in [1.29, 1.82) is 0 Å². The smallest absolute Gasteiger partial charge is 0.168 e. The van der Waals surface area contributed by atoms with Gasteiger partial charge in [0.25, 0.3) is 0 Å². The van der Waals surface area contributed by atoms with E-state index in [2.05, 4.69) is 57.9 Å². The van der Waals surface area contributed by atoms with Crippen LogP contribution in [0.4, 0.5) is 0 Å². The van der Waals surface area contributed by atoms with Crippen molar-refractivity contribution in [3.05, 3.63) is 66.2 Å². The minimum absolute atomic E-state index is 0.889. The molecular weight excluding hydrogens is 246 g/mol. The molecule has 0 amide bonds. The summed E-state index contributed by atoms with van der Waals surface area (Å²) in [6, 6.07) is 20.7. The van der Waals surface area contributed by atoms with Gasteiger partial charge >= 0.3 is 0 Å². The van der Waals surface area contributed by atoms with Crippen molar-refractivity contribution in [2.45, 2.75) is 6.92 Å². The molecule has 0 saturated heterocycles. The lowest BCUT2D eigenvalue weighted by molar-refractivity contribution is 1.11. The average molecular weight is 259 g/mol. The van der Waals surface area contributed by atoms with Gasteiger partial charge in [-0.2, -0.15) is 0 Å². The molecule has 0 spiro atoms. The Bertz CT molecular complexity index is 907. The molecule has 2 heterocycles. The van der Waals surface area contributed by atoms with E-state index in [0.29, 0.717) is 0 Å². The van der Waals surface area contributed by atoms with E-state index in [0.717, 1.165) is 28.1 Å². The van der Waals surface area contributed by atoms with Crippen molar-refractivity contribution in [2.24, 2.45) is 0 Å². The first-order valence-corrected chi connectivity index (χ1v) is 6.63. The van der Waals surface area contributed by atoms with Crippen LogP contribution in [0, 0.1) is 6.92 Å². The first-order valence-electron chi connectivity index (χ1n) is 6.63. The van der Waals surface area contributed by atoms with E-state index >= 15 is 0 Å². The number of para-hydroxylation sites is 1. The zero-order valence-electron chi connectivity index (χ0n) is 11.1. The van der Waals surface area contributed by atoms with Crippen LogP contribution in [0.15, 0.2) is 60.7 Å². The molecule has 4 aromatic rings. The summed E-state index contributed by atoms with van der Waals surface area (Å²) in [5, 5.41) is 9.95. The molecular formula is C17H13N3. The maximum absolute atomic E-state index is 4.39. The highest BCUT2D eigenvalue weighted by atomic mass is 15.2. The summed E-state index contributed by atoms with van der Waals surface area (Å²) in [5.41, 5.74) is 4.27. The number of benzene rings is 2. The number of aryl methyl sites for hydroxylation is 1. The zero-order chi connectivity index (χ0) is 13.5. The molecule has 0 radical (unpaired) electrons. The van der Waals surface area contributed by atoms with Crippen LogP contribution < -0.4 is 0 Å². The predicted octanol–water partition coefficient (Wildman–Crippen LogP) is 3.86. The highest BCUT2D eigenvalue weighted by Crippen LogP contribution is 2.25. The van der Waals surface area contributed by atoms with Crippen LogP contribution in [0.3, 0.4) is 0 Å². The maximum Gasteiger partial charge on any atom is 0.168 e. The zero-order valence-corrected chi connectivity index (χ0v) is 11.1. The highest BCUT2D eigenvalue weighted by Gasteiger charge is 2.12. The van der Waals surface area contributed by atoms with Crippen LogP contribution in [0.5, 0.6) is 0 Å². The third kappa shape index (κ3) is 1.53. The van der Waals surface area contributed by atoms with Gasteiger partial charge in [-0.05, 0) is 30.0 Å². The van der Waals surface area contributed by atoms with E-state index in [4.69, 9.17) is 0 Å².